The summed E-state index contributed by atoms with van der Waals surface area (Å²) >= 11 is 5.89. The summed E-state index contributed by atoms with van der Waals surface area (Å²) in [4.78, 5) is 39.6. The number of H-pyrrole nitrogens is 2. The Morgan fingerprint density at radius 3 is 2.87 bits per heavy atom. The van der Waals surface area contributed by atoms with Crippen molar-refractivity contribution in [3.05, 3.63) is 49.5 Å². The van der Waals surface area contributed by atoms with E-state index in [1.807, 2.05) is 6.92 Å². The number of fused-ring (bicyclic) bond motifs is 2. The van der Waals surface area contributed by atoms with Crippen molar-refractivity contribution in [2.75, 3.05) is 6.61 Å². The molecule has 7 nitrogen and oxygen atoms in total. The van der Waals surface area contributed by atoms with Crippen LogP contribution in [-0.2, 0) is 4.74 Å². The molecule has 0 aliphatic heterocycles. The molecule has 2 aromatic heterocycles. The third-order valence-corrected chi connectivity index (χ3v) is 3.56. The lowest BCUT2D eigenvalue weighted by Gasteiger charge is -1.99. The van der Waals surface area contributed by atoms with Gasteiger partial charge in [0.15, 0.2) is 11.1 Å². The van der Waals surface area contributed by atoms with Crippen LogP contribution in [0.2, 0.25) is 5.02 Å². The van der Waals surface area contributed by atoms with Crippen LogP contribution in [0.5, 0.6) is 0 Å². The molecule has 0 unspecified atom stereocenters. The van der Waals surface area contributed by atoms with Gasteiger partial charge in [0.1, 0.15) is 5.52 Å². The highest BCUT2D eigenvalue weighted by molar-refractivity contribution is 6.31. The summed E-state index contributed by atoms with van der Waals surface area (Å²) in [5.41, 5.74) is -1.06. The lowest BCUT2D eigenvalue weighted by molar-refractivity contribution is 0.0500. The highest BCUT2D eigenvalue weighted by Crippen LogP contribution is 2.16. The van der Waals surface area contributed by atoms with Gasteiger partial charge in [-0.2, -0.15) is 5.10 Å². The number of nitrogens with one attached hydrogen (secondary N) is 2. The minimum atomic E-state index is -0.747. The molecule has 118 valence electrons. The van der Waals surface area contributed by atoms with Crippen LogP contribution in [-0.4, -0.2) is 27.8 Å². The standard InChI is InChI=1S/C15H12ClN3O4/c1-2-5-23-15(22)12-10-11(18-19-12)14(21)17-9-6-7(16)3-4-8(9)13(10)20/h3-4,6H,2,5H2,1H3,(H,17,21)(H,18,19). The van der Waals surface area contributed by atoms with Gasteiger partial charge in [-0.25, -0.2) is 4.79 Å². The lowest BCUT2D eigenvalue weighted by atomic mass is 10.2. The second-order valence-electron chi connectivity index (χ2n) is 4.93. The third kappa shape index (κ3) is 2.59. The molecular weight excluding hydrogens is 322 g/mol. The second kappa shape index (κ2) is 5.85. The topological polar surface area (TPSA) is 105 Å². The van der Waals surface area contributed by atoms with E-state index in [2.05, 4.69) is 15.2 Å². The Kier molecular flexibility index (Phi) is 3.87. The van der Waals surface area contributed by atoms with Crippen LogP contribution in [0.25, 0.3) is 21.8 Å². The van der Waals surface area contributed by atoms with Crippen molar-refractivity contribution in [1.82, 2.24) is 15.2 Å². The van der Waals surface area contributed by atoms with E-state index >= 15 is 0 Å². The fourth-order valence-electron chi connectivity index (χ4n) is 2.28. The molecule has 0 aliphatic carbocycles. The molecule has 8 heteroatoms. The minimum Gasteiger partial charge on any atom is -0.461 e. The number of carbonyl (C=O) groups excluding carboxylic acids is 1. The first kappa shape index (κ1) is 15.2. The average molecular weight is 334 g/mol. The average Bonchev–Trinajstić information content (AvgIpc) is 2.93. The van der Waals surface area contributed by atoms with Crippen molar-refractivity contribution in [3.8, 4) is 0 Å². The van der Waals surface area contributed by atoms with Crippen molar-refractivity contribution >= 4 is 39.4 Å². The van der Waals surface area contributed by atoms with Crippen molar-refractivity contribution in [3.63, 3.8) is 0 Å². The normalized spacial score (nSPS) is 11.0. The predicted molar refractivity (Wildman–Crippen MR) is 86.1 cm³/mol. The number of esters is 1. The summed E-state index contributed by atoms with van der Waals surface area (Å²) in [5.74, 6) is -0.747. The van der Waals surface area contributed by atoms with Crippen molar-refractivity contribution in [2.24, 2.45) is 0 Å². The summed E-state index contributed by atoms with van der Waals surface area (Å²) < 4.78 is 5.01. The largest absolute Gasteiger partial charge is 0.461 e. The van der Waals surface area contributed by atoms with E-state index in [0.29, 0.717) is 11.4 Å². The van der Waals surface area contributed by atoms with E-state index in [9.17, 15) is 14.4 Å². The molecule has 0 amide bonds. The first-order valence-electron chi connectivity index (χ1n) is 6.94. The Hall–Kier alpha value is -2.67. The van der Waals surface area contributed by atoms with Crippen molar-refractivity contribution in [1.29, 1.82) is 0 Å². The smallest absolute Gasteiger partial charge is 0.359 e. The van der Waals surface area contributed by atoms with Gasteiger partial charge in [-0.15, -0.1) is 0 Å². The monoisotopic (exact) mass is 333 g/mol. The van der Waals surface area contributed by atoms with Crippen LogP contribution in [0.1, 0.15) is 23.8 Å². The maximum absolute atomic E-state index is 12.7. The van der Waals surface area contributed by atoms with Gasteiger partial charge >= 0.3 is 5.97 Å². The van der Waals surface area contributed by atoms with Crippen LogP contribution in [0, 0.1) is 0 Å². The summed E-state index contributed by atoms with van der Waals surface area (Å²) in [5, 5.41) is 6.73. The first-order chi connectivity index (χ1) is 11.0. The maximum atomic E-state index is 12.7. The zero-order valence-electron chi connectivity index (χ0n) is 12.1. The SMILES string of the molecule is CCCOC(=O)c1n[nH]c2c(=O)[nH]c3cc(Cl)ccc3c(=O)c12. The van der Waals surface area contributed by atoms with Crippen molar-refractivity contribution in [2.45, 2.75) is 13.3 Å². The molecule has 0 radical (unpaired) electrons. The van der Waals surface area contributed by atoms with E-state index in [0.717, 1.165) is 0 Å². The zero-order valence-corrected chi connectivity index (χ0v) is 12.9. The van der Waals surface area contributed by atoms with Crippen LogP contribution < -0.4 is 11.0 Å². The van der Waals surface area contributed by atoms with Crippen LogP contribution in [0.4, 0.5) is 0 Å². The van der Waals surface area contributed by atoms with Crippen LogP contribution in [0.3, 0.4) is 0 Å². The number of aromatic amines is 2. The third-order valence-electron chi connectivity index (χ3n) is 3.33. The highest BCUT2D eigenvalue weighted by Gasteiger charge is 2.20. The second-order valence-corrected chi connectivity index (χ2v) is 5.37. The van der Waals surface area contributed by atoms with Gasteiger partial charge in [-0.05, 0) is 24.6 Å². The molecule has 1 aromatic carbocycles. The van der Waals surface area contributed by atoms with Crippen molar-refractivity contribution < 1.29 is 9.53 Å². The van der Waals surface area contributed by atoms with Crippen LogP contribution in [0.15, 0.2) is 27.8 Å². The van der Waals surface area contributed by atoms with Crippen LogP contribution >= 0.6 is 11.6 Å². The molecule has 0 bridgehead atoms. The number of halogens is 1. The van der Waals surface area contributed by atoms with Gasteiger partial charge in [-0.3, -0.25) is 14.7 Å². The Balaban J connectivity index is 2.40. The number of benzene rings is 1. The number of ether oxygens (including phenoxy) is 1. The fourth-order valence-corrected chi connectivity index (χ4v) is 2.45. The maximum Gasteiger partial charge on any atom is 0.359 e. The van der Waals surface area contributed by atoms with E-state index in [4.69, 9.17) is 16.3 Å². The summed E-state index contributed by atoms with van der Waals surface area (Å²) in [6.07, 6.45) is 0.633. The minimum absolute atomic E-state index is 0.0780. The van der Waals surface area contributed by atoms with Gasteiger partial charge in [0.2, 0.25) is 0 Å². The number of rotatable bonds is 3. The Bertz CT molecular complexity index is 1040. The molecule has 3 aromatic rings. The first-order valence-corrected chi connectivity index (χ1v) is 7.31. The Morgan fingerprint density at radius 1 is 1.35 bits per heavy atom. The number of aromatic nitrogens is 3. The Morgan fingerprint density at radius 2 is 2.13 bits per heavy atom. The van der Waals surface area contributed by atoms with E-state index in [1.54, 1.807) is 0 Å². The molecule has 3 rings (SSSR count). The van der Waals surface area contributed by atoms with E-state index in [-0.39, 0.29) is 34.1 Å². The van der Waals surface area contributed by atoms with Gasteiger partial charge < -0.3 is 9.72 Å². The molecule has 2 N–H and O–H groups in total. The summed E-state index contributed by atoms with van der Waals surface area (Å²) in [6, 6.07) is 4.50. The summed E-state index contributed by atoms with van der Waals surface area (Å²) in [7, 11) is 0. The lowest BCUT2D eigenvalue weighted by Crippen LogP contribution is -2.10. The van der Waals surface area contributed by atoms with Gasteiger partial charge in [-0.1, -0.05) is 18.5 Å². The molecule has 0 saturated carbocycles. The Labute approximate surface area is 134 Å². The highest BCUT2D eigenvalue weighted by atomic mass is 35.5. The van der Waals surface area contributed by atoms with Gasteiger partial charge in [0.05, 0.1) is 17.5 Å². The molecule has 0 atom stereocenters. The molecular formula is C15H12ClN3O4. The van der Waals surface area contributed by atoms with Gasteiger partial charge in [0.25, 0.3) is 5.56 Å². The number of hydrogen-bond donors (Lipinski definition) is 2. The molecule has 23 heavy (non-hydrogen) atoms. The van der Waals surface area contributed by atoms with E-state index in [1.165, 1.54) is 18.2 Å². The molecule has 0 spiro atoms. The van der Waals surface area contributed by atoms with E-state index < -0.39 is 17.0 Å². The number of carbonyl (C=O) groups is 1. The molecule has 0 aliphatic rings. The molecule has 2 heterocycles. The quantitative estimate of drug-likeness (QED) is 0.713. The predicted octanol–water partition coefficient (Wildman–Crippen LogP) is 1.98. The molecule has 0 saturated heterocycles. The summed E-state index contributed by atoms with van der Waals surface area (Å²) in [6.45, 7) is 2.05. The zero-order chi connectivity index (χ0) is 16.6. The number of nitrogens with zero attached hydrogens (tertiary/aromatic N) is 1. The molecule has 0 fully saturated rings. The van der Waals surface area contributed by atoms with Gasteiger partial charge in [0, 0.05) is 10.4 Å². The number of hydrogen-bond acceptors (Lipinski definition) is 5. The fraction of sp³-hybridized carbons (Fsp3) is 0.200.